The van der Waals surface area contributed by atoms with E-state index in [4.69, 9.17) is 50.5 Å². The average Bonchev–Trinajstić information content (AvgIpc) is 3.17. The van der Waals surface area contributed by atoms with Crippen LogP contribution in [0, 0.1) is 5.92 Å². The summed E-state index contributed by atoms with van der Waals surface area (Å²) in [4.78, 5) is 25.5. The normalized spacial score (nSPS) is 19.2. The second kappa shape index (κ2) is 10.5. The Bertz CT molecular complexity index is 1170. The second-order valence-electron chi connectivity index (χ2n) is 8.42. The Morgan fingerprint density at radius 1 is 1.21 bits per heavy atom. The molecule has 1 aromatic carbocycles. The summed E-state index contributed by atoms with van der Waals surface area (Å²) in [6.07, 6.45) is 5.18. The summed E-state index contributed by atoms with van der Waals surface area (Å²) in [5, 5.41) is 17.1. The Morgan fingerprint density at radius 3 is 2.47 bits per heavy atom. The van der Waals surface area contributed by atoms with Crippen LogP contribution < -0.4 is 16.4 Å². The summed E-state index contributed by atoms with van der Waals surface area (Å²) in [6.45, 7) is 1.93. The van der Waals surface area contributed by atoms with E-state index >= 15 is 0 Å². The molecule has 2 aromatic heterocycles. The number of imidazole rings is 1. The van der Waals surface area contributed by atoms with Crippen LogP contribution in [0.2, 0.25) is 15.1 Å². The molecule has 0 unspecified atom stereocenters. The summed E-state index contributed by atoms with van der Waals surface area (Å²) in [6, 6.07) is 3.06. The molecule has 0 saturated heterocycles. The molecule has 1 aliphatic rings. The molecular weight excluding hydrogens is 501 g/mol. The van der Waals surface area contributed by atoms with Crippen molar-refractivity contribution in [3.63, 3.8) is 0 Å². The number of nitrogens with one attached hydrogen (secondary N) is 2. The van der Waals surface area contributed by atoms with E-state index in [0.717, 1.165) is 12.8 Å². The SMILES string of the molecule is CC[C@@H](CO)Nc1ncc2nc(Nc3c(Cl)cc(Cl)cc3Cl)n([C@H]3CC[C@H](C(N)=O)CC3)c2n1. The van der Waals surface area contributed by atoms with Gasteiger partial charge in [-0.1, -0.05) is 41.7 Å². The molecule has 1 amide bonds. The summed E-state index contributed by atoms with van der Waals surface area (Å²) in [7, 11) is 0. The number of carbonyl (C=O) groups excluding carboxylic acids is 1. The van der Waals surface area contributed by atoms with Crippen LogP contribution in [0.1, 0.15) is 45.1 Å². The van der Waals surface area contributed by atoms with Gasteiger partial charge in [-0.3, -0.25) is 9.36 Å². The van der Waals surface area contributed by atoms with E-state index < -0.39 is 0 Å². The largest absolute Gasteiger partial charge is 0.394 e. The molecule has 0 spiro atoms. The number of primary amides is 1. The monoisotopic (exact) mass is 525 g/mol. The number of nitrogens with two attached hydrogens (primary N) is 1. The summed E-state index contributed by atoms with van der Waals surface area (Å²) < 4.78 is 2.00. The molecule has 1 saturated carbocycles. The van der Waals surface area contributed by atoms with Crippen LogP contribution in [0.4, 0.5) is 17.6 Å². The van der Waals surface area contributed by atoms with E-state index in [2.05, 4.69) is 15.6 Å². The first kappa shape index (κ1) is 24.8. The van der Waals surface area contributed by atoms with Crippen LogP contribution in [0.5, 0.6) is 0 Å². The first-order chi connectivity index (χ1) is 16.3. The molecular formula is C22H26Cl3N7O2. The molecule has 0 aliphatic heterocycles. The molecule has 1 fully saturated rings. The highest BCUT2D eigenvalue weighted by Gasteiger charge is 2.29. The van der Waals surface area contributed by atoms with Crippen molar-refractivity contribution < 1.29 is 9.90 Å². The number of aromatic nitrogens is 4. The van der Waals surface area contributed by atoms with Crippen molar-refractivity contribution in [2.75, 3.05) is 17.2 Å². The first-order valence-electron chi connectivity index (χ1n) is 11.1. The zero-order chi connectivity index (χ0) is 24.4. The third-order valence-electron chi connectivity index (χ3n) is 6.19. The van der Waals surface area contributed by atoms with Crippen molar-refractivity contribution in [3.8, 4) is 0 Å². The van der Waals surface area contributed by atoms with Crippen LogP contribution in [-0.4, -0.2) is 43.2 Å². The topological polar surface area (TPSA) is 131 Å². The van der Waals surface area contributed by atoms with Gasteiger partial charge in [0, 0.05) is 17.0 Å². The number of rotatable bonds is 8. The number of aliphatic hydroxyl groups is 1. The van der Waals surface area contributed by atoms with Gasteiger partial charge in [0.15, 0.2) is 5.65 Å². The Balaban J connectivity index is 1.76. The van der Waals surface area contributed by atoms with Crippen LogP contribution in [0.15, 0.2) is 18.3 Å². The van der Waals surface area contributed by atoms with Crippen LogP contribution in [-0.2, 0) is 4.79 Å². The highest BCUT2D eigenvalue weighted by atomic mass is 35.5. The average molecular weight is 527 g/mol. The highest BCUT2D eigenvalue weighted by molar-refractivity contribution is 6.41. The van der Waals surface area contributed by atoms with Gasteiger partial charge in [0.2, 0.25) is 17.8 Å². The lowest BCUT2D eigenvalue weighted by Crippen LogP contribution is -2.29. The van der Waals surface area contributed by atoms with Crippen LogP contribution >= 0.6 is 34.8 Å². The van der Waals surface area contributed by atoms with E-state index in [-0.39, 0.29) is 30.5 Å². The third-order valence-corrected chi connectivity index (χ3v) is 7.00. The molecule has 12 heteroatoms. The van der Waals surface area contributed by atoms with Gasteiger partial charge in [-0.25, -0.2) is 9.97 Å². The van der Waals surface area contributed by atoms with Crippen molar-refractivity contribution >= 4 is 69.5 Å². The quantitative estimate of drug-likeness (QED) is 0.327. The predicted molar refractivity (Wildman–Crippen MR) is 135 cm³/mol. The van der Waals surface area contributed by atoms with Crippen molar-refractivity contribution in [1.29, 1.82) is 0 Å². The van der Waals surface area contributed by atoms with Crippen molar-refractivity contribution in [1.82, 2.24) is 19.5 Å². The molecule has 9 nitrogen and oxygen atoms in total. The highest BCUT2D eigenvalue weighted by Crippen LogP contribution is 2.40. The summed E-state index contributed by atoms with van der Waals surface area (Å²) in [5.41, 5.74) is 7.22. The number of nitrogens with zero attached hydrogens (tertiary/aromatic N) is 4. The van der Waals surface area contributed by atoms with Gasteiger partial charge < -0.3 is 21.5 Å². The number of hydrogen-bond acceptors (Lipinski definition) is 7. The van der Waals surface area contributed by atoms with E-state index in [1.807, 2.05) is 11.5 Å². The fourth-order valence-corrected chi connectivity index (χ4v) is 5.16. The van der Waals surface area contributed by atoms with Gasteiger partial charge in [-0.05, 0) is 44.2 Å². The molecule has 5 N–H and O–H groups in total. The molecule has 1 atom stereocenters. The van der Waals surface area contributed by atoms with Gasteiger partial charge in [0.25, 0.3) is 0 Å². The second-order valence-corrected chi connectivity index (χ2v) is 9.67. The van der Waals surface area contributed by atoms with Crippen LogP contribution in [0.25, 0.3) is 11.2 Å². The van der Waals surface area contributed by atoms with E-state index in [1.165, 1.54) is 0 Å². The number of benzene rings is 1. The van der Waals surface area contributed by atoms with Crippen LogP contribution in [0.3, 0.4) is 0 Å². The maximum Gasteiger partial charge on any atom is 0.225 e. The number of hydrogen-bond donors (Lipinski definition) is 4. The smallest absolute Gasteiger partial charge is 0.225 e. The molecule has 34 heavy (non-hydrogen) atoms. The lowest BCUT2D eigenvalue weighted by molar-refractivity contribution is -0.122. The third kappa shape index (κ3) is 5.17. The Morgan fingerprint density at radius 2 is 1.88 bits per heavy atom. The molecule has 182 valence electrons. The van der Waals surface area contributed by atoms with E-state index in [9.17, 15) is 9.90 Å². The Labute approximate surface area is 212 Å². The number of halogens is 3. The predicted octanol–water partition coefficient (Wildman–Crippen LogP) is 4.93. The van der Waals surface area contributed by atoms with Gasteiger partial charge >= 0.3 is 0 Å². The number of carbonyl (C=O) groups is 1. The molecule has 1 aliphatic carbocycles. The number of anilines is 3. The van der Waals surface area contributed by atoms with Gasteiger partial charge in [0.05, 0.1) is 34.6 Å². The van der Waals surface area contributed by atoms with Gasteiger partial charge in [-0.2, -0.15) is 4.98 Å². The van der Waals surface area contributed by atoms with Gasteiger partial charge in [0.1, 0.15) is 5.52 Å². The molecule has 0 radical (unpaired) electrons. The zero-order valence-electron chi connectivity index (χ0n) is 18.6. The van der Waals surface area contributed by atoms with Gasteiger partial charge in [-0.15, -0.1) is 0 Å². The standard InChI is InChI=1S/C22H26Cl3N7O2/c1-2-13(10-33)28-21-27-9-17-20(31-21)32(14-5-3-11(4-6-14)19(26)34)22(29-17)30-18-15(24)7-12(23)8-16(18)25/h7-9,11,13-14,33H,2-6,10H2,1H3,(H2,26,34)(H,29,30)(H,27,28,31)/t11-,13-,14-/m0/s1. The number of aliphatic hydroxyl groups excluding tert-OH is 1. The lowest BCUT2D eigenvalue weighted by atomic mass is 9.85. The minimum Gasteiger partial charge on any atom is -0.394 e. The molecule has 4 rings (SSSR count). The number of amides is 1. The minimum atomic E-state index is -0.268. The fourth-order valence-electron chi connectivity index (χ4n) is 4.25. The maximum absolute atomic E-state index is 11.7. The molecule has 3 aromatic rings. The zero-order valence-corrected chi connectivity index (χ0v) is 20.8. The summed E-state index contributed by atoms with van der Waals surface area (Å²) >= 11 is 18.9. The molecule has 0 bridgehead atoms. The number of fused-ring (bicyclic) bond motifs is 1. The van der Waals surface area contributed by atoms with Crippen molar-refractivity contribution in [2.24, 2.45) is 11.7 Å². The fraction of sp³-hybridized carbons (Fsp3) is 0.455. The first-order valence-corrected chi connectivity index (χ1v) is 12.3. The Kier molecular flexibility index (Phi) is 7.67. The van der Waals surface area contributed by atoms with E-state index in [1.54, 1.807) is 18.3 Å². The Hall–Kier alpha value is -2.33. The lowest BCUT2D eigenvalue weighted by Gasteiger charge is -2.29. The maximum atomic E-state index is 11.7. The van der Waals surface area contributed by atoms with Crippen molar-refractivity contribution in [2.45, 2.75) is 51.1 Å². The molecule has 2 heterocycles. The van der Waals surface area contributed by atoms with E-state index in [0.29, 0.717) is 63.1 Å². The summed E-state index contributed by atoms with van der Waals surface area (Å²) in [5.74, 6) is 0.499. The minimum absolute atomic E-state index is 0.0236. The van der Waals surface area contributed by atoms with Crippen molar-refractivity contribution in [3.05, 3.63) is 33.4 Å².